The number of aromatic nitrogens is 2. The van der Waals surface area contributed by atoms with Crippen LogP contribution in [0.15, 0.2) is 32.9 Å². The molecule has 0 spiro atoms. The highest BCUT2D eigenvalue weighted by molar-refractivity contribution is 8.03. The summed E-state index contributed by atoms with van der Waals surface area (Å²) in [5.41, 5.74) is 0.736. The van der Waals surface area contributed by atoms with Gasteiger partial charge < -0.3 is 5.32 Å². The zero-order chi connectivity index (χ0) is 16.7. The molecular weight excluding hydrogens is 370 g/mol. The minimum Gasteiger partial charge on any atom is -0.325 e. The maximum absolute atomic E-state index is 12.2. The van der Waals surface area contributed by atoms with Gasteiger partial charge in [-0.2, -0.15) is 0 Å². The Morgan fingerprint density at radius 3 is 2.70 bits per heavy atom. The zero-order valence-electron chi connectivity index (χ0n) is 12.9. The van der Waals surface area contributed by atoms with Gasteiger partial charge in [-0.3, -0.25) is 4.79 Å². The quantitative estimate of drug-likeness (QED) is 0.498. The van der Waals surface area contributed by atoms with Crippen LogP contribution in [0, 0.1) is 0 Å². The smallest absolute Gasteiger partial charge is 0.237 e. The minimum atomic E-state index is -0.243. The fraction of sp³-hybridized carbons (Fsp3) is 0.400. The van der Waals surface area contributed by atoms with Crippen LogP contribution in [0.3, 0.4) is 0 Å². The molecular formula is C15H18ClN3OS3. The highest BCUT2D eigenvalue weighted by Gasteiger charge is 2.17. The predicted molar refractivity (Wildman–Crippen MR) is 101 cm³/mol. The number of anilines is 1. The van der Waals surface area contributed by atoms with E-state index in [-0.39, 0.29) is 11.2 Å². The maximum atomic E-state index is 12.2. The average Bonchev–Trinajstić information content (AvgIpc) is 2.97. The largest absolute Gasteiger partial charge is 0.325 e. The normalized spacial score (nSPS) is 12.1. The third kappa shape index (κ3) is 6.33. The van der Waals surface area contributed by atoms with Gasteiger partial charge in [0.1, 0.15) is 0 Å². The van der Waals surface area contributed by atoms with Crippen molar-refractivity contribution < 1.29 is 4.79 Å². The second-order valence-electron chi connectivity index (χ2n) is 4.79. The van der Waals surface area contributed by atoms with Crippen molar-refractivity contribution in [1.29, 1.82) is 0 Å². The Bertz CT molecular complexity index is 633. The number of halogens is 1. The Morgan fingerprint density at radius 1 is 1.30 bits per heavy atom. The number of carbonyl (C=O) groups excluding carboxylic acids is 1. The van der Waals surface area contributed by atoms with Gasteiger partial charge in [-0.1, -0.05) is 59.8 Å². The molecule has 1 aromatic heterocycles. The van der Waals surface area contributed by atoms with Gasteiger partial charge in [0, 0.05) is 16.5 Å². The lowest BCUT2D eigenvalue weighted by molar-refractivity contribution is -0.115. The summed E-state index contributed by atoms with van der Waals surface area (Å²) in [7, 11) is 0. The summed E-state index contributed by atoms with van der Waals surface area (Å²) in [4.78, 5) is 12.2. The van der Waals surface area contributed by atoms with E-state index in [4.69, 9.17) is 11.6 Å². The number of nitrogens with zero attached hydrogens (tertiary/aromatic N) is 2. The van der Waals surface area contributed by atoms with Crippen molar-refractivity contribution >= 4 is 58.1 Å². The summed E-state index contributed by atoms with van der Waals surface area (Å²) in [6, 6.07) is 7.06. The molecule has 1 atom stereocenters. The van der Waals surface area contributed by atoms with Gasteiger partial charge in [0.15, 0.2) is 8.68 Å². The molecule has 23 heavy (non-hydrogen) atoms. The van der Waals surface area contributed by atoms with Crippen LogP contribution in [0.1, 0.15) is 26.7 Å². The Hall–Kier alpha value is -0.760. The summed E-state index contributed by atoms with van der Waals surface area (Å²) >= 11 is 10.5. The van der Waals surface area contributed by atoms with E-state index >= 15 is 0 Å². The Labute approximate surface area is 153 Å². The summed E-state index contributed by atoms with van der Waals surface area (Å²) < 4.78 is 1.79. The van der Waals surface area contributed by atoms with Crippen molar-refractivity contribution in [2.24, 2.45) is 0 Å². The standard InChI is InChI=1S/C15H18ClN3OS3/c1-3-4-9-21-14-18-19-15(23-14)22-10(2)13(20)17-12-7-5-11(16)6-8-12/h5-8,10H,3-4,9H2,1-2H3,(H,17,20). The second-order valence-corrected chi connectivity index (χ2v) is 9.14. The van der Waals surface area contributed by atoms with Gasteiger partial charge in [0.2, 0.25) is 5.91 Å². The lowest BCUT2D eigenvalue weighted by atomic mass is 10.3. The Balaban J connectivity index is 1.84. The third-order valence-corrected chi connectivity index (χ3v) is 6.45. The molecule has 0 aliphatic carbocycles. The fourth-order valence-corrected chi connectivity index (χ4v) is 5.03. The minimum absolute atomic E-state index is 0.0623. The van der Waals surface area contributed by atoms with E-state index in [0.717, 1.165) is 20.1 Å². The van der Waals surface area contributed by atoms with Gasteiger partial charge in [0.25, 0.3) is 0 Å². The first-order chi connectivity index (χ1) is 11.1. The summed E-state index contributed by atoms with van der Waals surface area (Å²) in [6.45, 7) is 4.03. The van der Waals surface area contributed by atoms with Crippen LogP contribution in [-0.4, -0.2) is 27.1 Å². The highest BCUT2D eigenvalue weighted by atomic mass is 35.5. The molecule has 0 bridgehead atoms. The molecule has 0 saturated heterocycles. The number of amides is 1. The van der Waals surface area contributed by atoms with Gasteiger partial charge in [-0.25, -0.2) is 0 Å². The van der Waals surface area contributed by atoms with Crippen molar-refractivity contribution in [2.75, 3.05) is 11.1 Å². The molecule has 1 aromatic carbocycles. The van der Waals surface area contributed by atoms with Gasteiger partial charge in [-0.15, -0.1) is 10.2 Å². The molecule has 8 heteroatoms. The SMILES string of the molecule is CCCCSc1nnc(SC(C)C(=O)Nc2ccc(Cl)cc2)s1. The number of carbonyl (C=O) groups is 1. The van der Waals surface area contributed by atoms with Crippen molar-refractivity contribution in [3.05, 3.63) is 29.3 Å². The molecule has 1 N–H and O–H groups in total. The van der Waals surface area contributed by atoms with E-state index in [1.165, 1.54) is 24.6 Å². The van der Waals surface area contributed by atoms with Gasteiger partial charge in [-0.05, 0) is 37.6 Å². The molecule has 0 aliphatic heterocycles. The molecule has 0 saturated carbocycles. The van der Waals surface area contributed by atoms with E-state index in [1.807, 2.05) is 6.92 Å². The second kappa shape index (κ2) is 9.52. The molecule has 0 fully saturated rings. The van der Waals surface area contributed by atoms with Gasteiger partial charge in [0.05, 0.1) is 5.25 Å². The lowest BCUT2D eigenvalue weighted by Crippen LogP contribution is -2.22. The lowest BCUT2D eigenvalue weighted by Gasteiger charge is -2.10. The van der Waals surface area contributed by atoms with Crippen molar-refractivity contribution in [1.82, 2.24) is 10.2 Å². The number of hydrogen-bond acceptors (Lipinski definition) is 6. The molecule has 1 unspecified atom stereocenters. The molecule has 124 valence electrons. The van der Waals surface area contributed by atoms with E-state index in [2.05, 4.69) is 22.4 Å². The van der Waals surface area contributed by atoms with E-state index in [0.29, 0.717) is 5.02 Å². The van der Waals surface area contributed by atoms with Crippen molar-refractivity contribution in [3.63, 3.8) is 0 Å². The van der Waals surface area contributed by atoms with Crippen LogP contribution < -0.4 is 5.32 Å². The molecule has 1 heterocycles. The van der Waals surface area contributed by atoms with Crippen LogP contribution in [0.4, 0.5) is 5.69 Å². The van der Waals surface area contributed by atoms with Crippen molar-refractivity contribution in [3.8, 4) is 0 Å². The summed E-state index contributed by atoms with van der Waals surface area (Å²) in [6.07, 6.45) is 2.35. The van der Waals surface area contributed by atoms with Crippen LogP contribution in [0.25, 0.3) is 0 Å². The van der Waals surface area contributed by atoms with Crippen molar-refractivity contribution in [2.45, 2.75) is 40.6 Å². The Morgan fingerprint density at radius 2 is 2.00 bits per heavy atom. The van der Waals surface area contributed by atoms with E-state index in [9.17, 15) is 4.79 Å². The number of nitrogens with one attached hydrogen (secondary N) is 1. The first-order valence-electron chi connectivity index (χ1n) is 7.28. The molecule has 0 radical (unpaired) electrons. The maximum Gasteiger partial charge on any atom is 0.237 e. The Kier molecular flexibility index (Phi) is 7.69. The molecule has 2 rings (SSSR count). The van der Waals surface area contributed by atoms with Gasteiger partial charge >= 0.3 is 0 Å². The molecule has 1 amide bonds. The van der Waals surface area contributed by atoms with Crippen LogP contribution in [0.2, 0.25) is 5.02 Å². The summed E-state index contributed by atoms with van der Waals surface area (Å²) in [5, 5.41) is 11.6. The zero-order valence-corrected chi connectivity index (χ0v) is 16.1. The first-order valence-corrected chi connectivity index (χ1v) is 10.3. The highest BCUT2D eigenvalue weighted by Crippen LogP contribution is 2.32. The summed E-state index contributed by atoms with van der Waals surface area (Å²) in [5.74, 6) is 0.996. The third-order valence-electron chi connectivity index (χ3n) is 2.87. The topological polar surface area (TPSA) is 54.9 Å². The predicted octanol–water partition coefficient (Wildman–Crippen LogP) is 5.20. The average molecular weight is 388 g/mol. The van der Waals surface area contributed by atoms with E-state index < -0.39 is 0 Å². The number of benzene rings is 1. The van der Waals surface area contributed by atoms with Crippen LogP contribution in [-0.2, 0) is 4.79 Å². The number of unbranched alkanes of at least 4 members (excludes halogenated alkanes) is 1. The number of thioether (sulfide) groups is 2. The fourth-order valence-electron chi connectivity index (χ4n) is 1.59. The molecule has 4 nitrogen and oxygen atoms in total. The van der Waals surface area contributed by atoms with Crippen LogP contribution >= 0.6 is 46.5 Å². The number of hydrogen-bond donors (Lipinski definition) is 1. The van der Waals surface area contributed by atoms with Crippen LogP contribution in [0.5, 0.6) is 0 Å². The van der Waals surface area contributed by atoms with E-state index in [1.54, 1.807) is 47.4 Å². The first kappa shape index (κ1) is 18.6. The monoisotopic (exact) mass is 387 g/mol. The number of rotatable bonds is 8. The molecule has 0 aliphatic rings. The molecule has 2 aromatic rings.